The predicted molar refractivity (Wildman–Crippen MR) is 53.7 cm³/mol. The molecule has 0 saturated carbocycles. The van der Waals surface area contributed by atoms with Gasteiger partial charge < -0.3 is 4.90 Å². The maximum absolute atomic E-state index is 12.2. The molecule has 2 heterocycles. The summed E-state index contributed by atoms with van der Waals surface area (Å²) in [6.07, 6.45) is 1.65. The van der Waals surface area contributed by atoms with Crippen LogP contribution in [0.1, 0.15) is 25.7 Å². The summed E-state index contributed by atoms with van der Waals surface area (Å²) in [5.74, 6) is 0. The molecule has 2 atom stereocenters. The van der Waals surface area contributed by atoms with E-state index in [9.17, 15) is 21.6 Å². The second kappa shape index (κ2) is 4.10. The third-order valence-corrected chi connectivity index (χ3v) is 4.69. The quantitative estimate of drug-likeness (QED) is 0.565. The molecule has 8 heteroatoms. The van der Waals surface area contributed by atoms with Gasteiger partial charge in [-0.05, 0) is 32.7 Å². The number of piperidine rings is 1. The van der Waals surface area contributed by atoms with Crippen LogP contribution < -0.4 is 0 Å². The molecule has 0 aromatic rings. The van der Waals surface area contributed by atoms with E-state index < -0.39 is 21.7 Å². The molecule has 2 aliphatic rings. The zero-order valence-electron chi connectivity index (χ0n) is 9.27. The molecule has 2 fully saturated rings. The largest absolute Gasteiger partial charge is 0.523 e. The first-order valence-corrected chi connectivity index (χ1v) is 6.83. The Morgan fingerprint density at radius 1 is 1.18 bits per heavy atom. The Hall–Kier alpha value is -0.340. The third kappa shape index (κ3) is 2.43. The van der Waals surface area contributed by atoms with E-state index in [1.54, 1.807) is 0 Å². The zero-order valence-corrected chi connectivity index (χ0v) is 10.1. The number of hydrogen-bond acceptors (Lipinski definition) is 4. The van der Waals surface area contributed by atoms with Gasteiger partial charge in [0.2, 0.25) is 0 Å². The highest BCUT2D eigenvalue weighted by molar-refractivity contribution is 7.87. The standard InChI is InChI=1S/C9H14F3NO3S/c1-13-6-2-3-7(13)5-8(4-6)16-17(14,15)9(10,11)12/h6-8H,2-5H2,1H3. The van der Waals surface area contributed by atoms with Gasteiger partial charge in [0.15, 0.2) is 0 Å². The smallest absolute Gasteiger partial charge is 0.300 e. The number of rotatable bonds is 2. The fourth-order valence-corrected chi connectivity index (χ4v) is 3.30. The highest BCUT2D eigenvalue weighted by atomic mass is 32.2. The average molecular weight is 273 g/mol. The highest BCUT2D eigenvalue weighted by Gasteiger charge is 2.50. The van der Waals surface area contributed by atoms with Gasteiger partial charge in [0, 0.05) is 12.1 Å². The maximum atomic E-state index is 12.2. The maximum Gasteiger partial charge on any atom is 0.523 e. The minimum absolute atomic E-state index is 0.141. The van der Waals surface area contributed by atoms with Gasteiger partial charge >= 0.3 is 15.6 Å². The zero-order chi connectivity index (χ0) is 12.8. The van der Waals surface area contributed by atoms with E-state index in [-0.39, 0.29) is 12.1 Å². The number of nitrogens with zero attached hydrogens (tertiary/aromatic N) is 1. The van der Waals surface area contributed by atoms with Crippen molar-refractivity contribution in [1.82, 2.24) is 4.90 Å². The molecule has 2 saturated heterocycles. The van der Waals surface area contributed by atoms with Gasteiger partial charge in [0.1, 0.15) is 0 Å². The number of alkyl halides is 3. The van der Waals surface area contributed by atoms with Crippen LogP contribution in [-0.2, 0) is 14.3 Å². The molecule has 4 nitrogen and oxygen atoms in total. The lowest BCUT2D eigenvalue weighted by atomic mass is 10.0. The lowest BCUT2D eigenvalue weighted by molar-refractivity contribution is -0.0607. The monoisotopic (exact) mass is 273 g/mol. The van der Waals surface area contributed by atoms with Gasteiger partial charge in [-0.25, -0.2) is 0 Å². The van der Waals surface area contributed by atoms with Crippen molar-refractivity contribution in [2.24, 2.45) is 0 Å². The normalized spacial score (nSPS) is 35.2. The van der Waals surface area contributed by atoms with Crippen LogP contribution in [0, 0.1) is 0 Å². The molecule has 17 heavy (non-hydrogen) atoms. The van der Waals surface area contributed by atoms with Crippen LogP contribution in [0.2, 0.25) is 0 Å². The van der Waals surface area contributed by atoms with Crippen LogP contribution in [-0.4, -0.2) is 44.1 Å². The highest BCUT2D eigenvalue weighted by Crippen LogP contribution is 2.37. The van der Waals surface area contributed by atoms with Crippen molar-refractivity contribution in [2.75, 3.05) is 7.05 Å². The topological polar surface area (TPSA) is 46.6 Å². The third-order valence-electron chi connectivity index (χ3n) is 3.60. The Morgan fingerprint density at radius 2 is 1.65 bits per heavy atom. The second-order valence-electron chi connectivity index (χ2n) is 4.64. The van der Waals surface area contributed by atoms with Gasteiger partial charge in [-0.15, -0.1) is 0 Å². The summed E-state index contributed by atoms with van der Waals surface area (Å²) in [7, 11) is -3.54. The summed E-state index contributed by atoms with van der Waals surface area (Å²) >= 11 is 0. The van der Waals surface area contributed by atoms with E-state index in [0.717, 1.165) is 12.8 Å². The first-order chi connectivity index (χ1) is 7.71. The van der Waals surface area contributed by atoms with Gasteiger partial charge in [-0.3, -0.25) is 4.18 Å². The van der Waals surface area contributed by atoms with Crippen molar-refractivity contribution >= 4 is 10.1 Å². The molecule has 0 radical (unpaired) electrons. The molecule has 0 aromatic heterocycles. The van der Waals surface area contributed by atoms with E-state index in [0.29, 0.717) is 12.8 Å². The van der Waals surface area contributed by atoms with Crippen LogP contribution in [0.25, 0.3) is 0 Å². The fraction of sp³-hybridized carbons (Fsp3) is 1.00. The van der Waals surface area contributed by atoms with Crippen molar-refractivity contribution in [3.63, 3.8) is 0 Å². The van der Waals surface area contributed by atoms with E-state index in [2.05, 4.69) is 9.08 Å². The Kier molecular flexibility index (Phi) is 3.16. The first-order valence-electron chi connectivity index (χ1n) is 5.42. The molecule has 0 spiro atoms. The van der Waals surface area contributed by atoms with E-state index >= 15 is 0 Å². The summed E-state index contributed by atoms with van der Waals surface area (Å²) in [5.41, 5.74) is -5.32. The first kappa shape index (κ1) is 13.1. The fourth-order valence-electron chi connectivity index (χ4n) is 2.67. The molecule has 2 rings (SSSR count). The lowest BCUT2D eigenvalue weighted by Gasteiger charge is -2.35. The summed E-state index contributed by atoms with van der Waals surface area (Å²) in [6.45, 7) is 0. The minimum Gasteiger partial charge on any atom is -0.300 e. The molecule has 0 N–H and O–H groups in total. The molecule has 0 amide bonds. The summed E-state index contributed by atoms with van der Waals surface area (Å²) in [4.78, 5) is 2.10. The van der Waals surface area contributed by atoms with Crippen molar-refractivity contribution in [3.05, 3.63) is 0 Å². The second-order valence-corrected chi connectivity index (χ2v) is 6.20. The van der Waals surface area contributed by atoms with Gasteiger partial charge in [0.25, 0.3) is 0 Å². The molecule has 100 valence electrons. The van der Waals surface area contributed by atoms with Crippen molar-refractivity contribution < 1.29 is 25.8 Å². The van der Waals surface area contributed by atoms with Crippen LogP contribution in [0.5, 0.6) is 0 Å². The van der Waals surface area contributed by atoms with E-state index in [4.69, 9.17) is 0 Å². The number of fused-ring (bicyclic) bond motifs is 2. The summed E-state index contributed by atoms with van der Waals surface area (Å²) < 4.78 is 62.5. The van der Waals surface area contributed by atoms with Gasteiger partial charge in [-0.1, -0.05) is 0 Å². The summed E-state index contributed by atoms with van der Waals surface area (Å²) in [6, 6.07) is 0.282. The Morgan fingerprint density at radius 3 is 2.06 bits per heavy atom. The Balaban J connectivity index is 2.03. The van der Waals surface area contributed by atoms with Crippen LogP contribution >= 0.6 is 0 Å². The molecule has 2 bridgehead atoms. The van der Waals surface area contributed by atoms with Crippen molar-refractivity contribution in [2.45, 2.75) is 49.4 Å². The molecule has 2 aliphatic heterocycles. The van der Waals surface area contributed by atoms with Gasteiger partial charge in [-0.2, -0.15) is 21.6 Å². The van der Waals surface area contributed by atoms with Crippen LogP contribution in [0.3, 0.4) is 0 Å². The van der Waals surface area contributed by atoms with Crippen LogP contribution in [0.15, 0.2) is 0 Å². The Bertz CT molecular complexity index is 381. The molecular weight excluding hydrogens is 259 g/mol. The van der Waals surface area contributed by atoms with Gasteiger partial charge in [0.05, 0.1) is 6.10 Å². The average Bonchev–Trinajstić information content (AvgIpc) is 2.42. The predicted octanol–water partition coefficient (Wildman–Crippen LogP) is 1.48. The molecular formula is C9H14F3NO3S. The van der Waals surface area contributed by atoms with Crippen LogP contribution in [0.4, 0.5) is 13.2 Å². The number of hydrogen-bond donors (Lipinski definition) is 0. The minimum atomic E-state index is -5.45. The summed E-state index contributed by atoms with van der Waals surface area (Å²) in [5, 5.41) is 0. The molecule has 0 aliphatic carbocycles. The lowest BCUT2D eigenvalue weighted by Crippen LogP contribution is -2.44. The Labute approximate surface area is 97.9 Å². The number of halogens is 3. The molecule has 0 aromatic carbocycles. The molecule has 2 unspecified atom stereocenters. The van der Waals surface area contributed by atoms with Crippen molar-refractivity contribution in [1.29, 1.82) is 0 Å². The van der Waals surface area contributed by atoms with E-state index in [1.165, 1.54) is 0 Å². The van der Waals surface area contributed by atoms with Crippen molar-refractivity contribution in [3.8, 4) is 0 Å². The SMILES string of the molecule is CN1C2CCC1CC(OS(=O)(=O)C(F)(F)F)C2. The van der Waals surface area contributed by atoms with E-state index in [1.807, 2.05) is 7.05 Å².